The first kappa shape index (κ1) is 12.9. The van der Waals surface area contributed by atoms with Crippen molar-refractivity contribution in [2.75, 3.05) is 11.1 Å². The van der Waals surface area contributed by atoms with Crippen molar-refractivity contribution in [1.29, 1.82) is 0 Å². The molecule has 2 rings (SSSR count). The molecule has 0 unspecified atom stereocenters. The summed E-state index contributed by atoms with van der Waals surface area (Å²) in [5.74, 6) is -0.453. The van der Waals surface area contributed by atoms with E-state index in [0.717, 1.165) is 12.0 Å². The number of amides is 1. The number of nitrogens with one attached hydrogen (secondary N) is 2. The Morgan fingerprint density at radius 1 is 1.37 bits per heavy atom. The Bertz CT molecular complexity index is 662. The monoisotopic (exact) mass is 257 g/mol. The Balaban J connectivity index is 2.22. The van der Waals surface area contributed by atoms with Crippen LogP contribution in [0.25, 0.3) is 0 Å². The first-order valence-corrected chi connectivity index (χ1v) is 5.98. The number of H-pyrrole nitrogens is 1. The van der Waals surface area contributed by atoms with E-state index < -0.39 is 5.91 Å². The first-order chi connectivity index (χ1) is 9.11. The molecule has 1 amide bonds. The third kappa shape index (κ3) is 2.82. The van der Waals surface area contributed by atoms with Gasteiger partial charge in [-0.25, -0.2) is 0 Å². The smallest absolute Gasteiger partial charge is 0.261 e. The predicted octanol–water partition coefficient (Wildman–Crippen LogP) is 1.77. The van der Waals surface area contributed by atoms with Crippen molar-refractivity contribution >= 4 is 17.3 Å². The van der Waals surface area contributed by atoms with Gasteiger partial charge < -0.3 is 16.0 Å². The molecule has 0 fully saturated rings. The van der Waals surface area contributed by atoms with Crippen LogP contribution in [-0.4, -0.2) is 10.9 Å². The van der Waals surface area contributed by atoms with E-state index in [1.165, 1.54) is 18.5 Å². The van der Waals surface area contributed by atoms with Gasteiger partial charge in [-0.15, -0.1) is 0 Å². The zero-order valence-corrected chi connectivity index (χ0v) is 10.6. The van der Waals surface area contributed by atoms with Crippen LogP contribution in [0.15, 0.2) is 41.5 Å². The second kappa shape index (κ2) is 5.39. The Kier molecular flexibility index (Phi) is 3.66. The lowest BCUT2D eigenvalue weighted by Crippen LogP contribution is -2.20. The van der Waals surface area contributed by atoms with Crippen molar-refractivity contribution in [2.45, 2.75) is 13.3 Å². The van der Waals surface area contributed by atoms with Gasteiger partial charge in [0.15, 0.2) is 5.43 Å². The van der Waals surface area contributed by atoms with Crippen LogP contribution in [0, 0.1) is 0 Å². The number of nitrogen functional groups attached to an aromatic ring is 1. The summed E-state index contributed by atoms with van der Waals surface area (Å²) < 4.78 is 0. The lowest BCUT2D eigenvalue weighted by molar-refractivity contribution is 0.102. The van der Waals surface area contributed by atoms with E-state index in [9.17, 15) is 9.59 Å². The molecule has 0 saturated heterocycles. The molecular weight excluding hydrogens is 242 g/mol. The average molecular weight is 257 g/mol. The Labute approximate surface area is 110 Å². The SMILES string of the molecule is CCc1ccc(NC(=O)c2c[nH]ccc2=O)cc1N. The molecule has 4 N–H and O–H groups in total. The van der Waals surface area contributed by atoms with Crippen LogP contribution in [0.3, 0.4) is 0 Å². The van der Waals surface area contributed by atoms with Crippen molar-refractivity contribution in [3.63, 3.8) is 0 Å². The molecule has 5 nitrogen and oxygen atoms in total. The topological polar surface area (TPSA) is 88.0 Å². The minimum absolute atomic E-state index is 0.0700. The van der Waals surface area contributed by atoms with Crippen molar-refractivity contribution < 1.29 is 4.79 Å². The van der Waals surface area contributed by atoms with E-state index in [-0.39, 0.29) is 11.0 Å². The maximum atomic E-state index is 11.9. The molecule has 0 aliphatic carbocycles. The summed E-state index contributed by atoms with van der Waals surface area (Å²) in [5.41, 5.74) is 7.83. The van der Waals surface area contributed by atoms with E-state index in [4.69, 9.17) is 5.73 Å². The van der Waals surface area contributed by atoms with E-state index in [1.54, 1.807) is 12.1 Å². The van der Waals surface area contributed by atoms with Crippen LogP contribution in [0.1, 0.15) is 22.8 Å². The zero-order chi connectivity index (χ0) is 13.8. The molecule has 0 bridgehead atoms. The number of carbonyl (C=O) groups excluding carboxylic acids is 1. The zero-order valence-electron chi connectivity index (χ0n) is 10.6. The number of hydrogen-bond acceptors (Lipinski definition) is 3. The summed E-state index contributed by atoms with van der Waals surface area (Å²) in [6, 6.07) is 6.63. The molecule has 0 radical (unpaired) electrons. The average Bonchev–Trinajstić information content (AvgIpc) is 2.39. The normalized spacial score (nSPS) is 10.2. The maximum absolute atomic E-state index is 11.9. The highest BCUT2D eigenvalue weighted by molar-refractivity contribution is 6.04. The molecule has 1 heterocycles. The molecule has 5 heteroatoms. The molecule has 0 atom stereocenters. The van der Waals surface area contributed by atoms with E-state index in [1.807, 2.05) is 13.0 Å². The fraction of sp³-hybridized carbons (Fsp3) is 0.143. The lowest BCUT2D eigenvalue weighted by Gasteiger charge is -2.08. The molecule has 1 aromatic carbocycles. The number of anilines is 2. The van der Waals surface area contributed by atoms with Crippen molar-refractivity contribution in [2.24, 2.45) is 0 Å². The molecule has 19 heavy (non-hydrogen) atoms. The van der Waals surface area contributed by atoms with Gasteiger partial charge in [0, 0.05) is 29.8 Å². The highest BCUT2D eigenvalue weighted by atomic mass is 16.2. The molecular formula is C14H15N3O2. The van der Waals surface area contributed by atoms with Crippen molar-refractivity contribution in [1.82, 2.24) is 4.98 Å². The highest BCUT2D eigenvalue weighted by Crippen LogP contribution is 2.18. The van der Waals surface area contributed by atoms with Gasteiger partial charge in [-0.05, 0) is 24.1 Å². The van der Waals surface area contributed by atoms with E-state index >= 15 is 0 Å². The molecule has 2 aromatic rings. The number of rotatable bonds is 3. The van der Waals surface area contributed by atoms with Crippen LogP contribution >= 0.6 is 0 Å². The molecule has 0 spiro atoms. The summed E-state index contributed by atoms with van der Waals surface area (Å²) in [7, 11) is 0. The Morgan fingerprint density at radius 2 is 2.16 bits per heavy atom. The van der Waals surface area contributed by atoms with Gasteiger partial charge in [-0.2, -0.15) is 0 Å². The van der Waals surface area contributed by atoms with Crippen LogP contribution in [0.5, 0.6) is 0 Å². The second-order valence-electron chi connectivity index (χ2n) is 4.14. The van der Waals surface area contributed by atoms with E-state index in [0.29, 0.717) is 11.4 Å². The minimum Gasteiger partial charge on any atom is -0.398 e. The number of hydrogen-bond donors (Lipinski definition) is 3. The predicted molar refractivity (Wildman–Crippen MR) is 75.2 cm³/mol. The van der Waals surface area contributed by atoms with Crippen molar-refractivity contribution in [3.05, 3.63) is 58.0 Å². The third-order valence-corrected chi connectivity index (χ3v) is 2.85. The molecule has 1 aromatic heterocycles. The summed E-state index contributed by atoms with van der Waals surface area (Å²) in [5, 5.41) is 2.65. The van der Waals surface area contributed by atoms with Gasteiger partial charge in [0.05, 0.1) is 0 Å². The van der Waals surface area contributed by atoms with Gasteiger partial charge >= 0.3 is 0 Å². The third-order valence-electron chi connectivity index (χ3n) is 2.85. The van der Waals surface area contributed by atoms with Crippen LogP contribution in [0.4, 0.5) is 11.4 Å². The fourth-order valence-electron chi connectivity index (χ4n) is 1.79. The van der Waals surface area contributed by atoms with Crippen molar-refractivity contribution in [3.8, 4) is 0 Å². The minimum atomic E-state index is -0.453. The number of carbonyl (C=O) groups is 1. The van der Waals surface area contributed by atoms with E-state index in [2.05, 4.69) is 10.3 Å². The van der Waals surface area contributed by atoms with Crippen LogP contribution in [0.2, 0.25) is 0 Å². The summed E-state index contributed by atoms with van der Waals surface area (Å²) >= 11 is 0. The van der Waals surface area contributed by atoms with Gasteiger partial charge in [0.25, 0.3) is 5.91 Å². The maximum Gasteiger partial charge on any atom is 0.261 e. The molecule has 0 aliphatic heterocycles. The fourth-order valence-corrected chi connectivity index (χ4v) is 1.79. The van der Waals surface area contributed by atoms with Gasteiger partial charge in [0.1, 0.15) is 5.56 Å². The summed E-state index contributed by atoms with van der Waals surface area (Å²) in [6.07, 6.45) is 3.69. The number of aromatic nitrogens is 1. The number of aryl methyl sites for hydroxylation is 1. The van der Waals surface area contributed by atoms with Gasteiger partial charge in [-0.1, -0.05) is 13.0 Å². The number of aromatic amines is 1. The standard InChI is InChI=1S/C14H15N3O2/c1-2-9-3-4-10(7-12(9)15)17-14(19)11-8-16-6-5-13(11)18/h3-8H,2,15H2,1H3,(H,16,18)(H,17,19). The number of nitrogens with two attached hydrogens (primary N) is 1. The largest absolute Gasteiger partial charge is 0.398 e. The summed E-state index contributed by atoms with van der Waals surface area (Å²) in [4.78, 5) is 26.2. The second-order valence-corrected chi connectivity index (χ2v) is 4.14. The highest BCUT2D eigenvalue weighted by Gasteiger charge is 2.10. The van der Waals surface area contributed by atoms with Gasteiger partial charge in [0.2, 0.25) is 0 Å². The summed E-state index contributed by atoms with van der Waals surface area (Å²) in [6.45, 7) is 2.01. The first-order valence-electron chi connectivity index (χ1n) is 5.98. The van der Waals surface area contributed by atoms with Gasteiger partial charge in [-0.3, -0.25) is 9.59 Å². The molecule has 0 saturated carbocycles. The van der Waals surface area contributed by atoms with Crippen LogP contribution < -0.4 is 16.5 Å². The Hall–Kier alpha value is -2.56. The molecule has 98 valence electrons. The lowest BCUT2D eigenvalue weighted by atomic mass is 10.1. The number of pyridine rings is 1. The molecule has 0 aliphatic rings. The Morgan fingerprint density at radius 3 is 2.79 bits per heavy atom. The quantitative estimate of drug-likeness (QED) is 0.732. The van der Waals surface area contributed by atoms with Crippen LogP contribution in [-0.2, 0) is 6.42 Å². The number of benzene rings is 1.